The molecule has 1 saturated heterocycles. The van der Waals surface area contributed by atoms with Gasteiger partial charge in [0, 0.05) is 0 Å². The Balaban J connectivity index is 2.27. The second kappa shape index (κ2) is 5.38. The third kappa shape index (κ3) is 3.30. The van der Waals surface area contributed by atoms with Gasteiger partial charge in [0.15, 0.2) is 0 Å². The molecule has 0 aromatic heterocycles. The lowest BCUT2D eigenvalue weighted by Crippen LogP contribution is -2.15. The summed E-state index contributed by atoms with van der Waals surface area (Å²) in [6.07, 6.45) is 4.59. The summed E-state index contributed by atoms with van der Waals surface area (Å²) in [5, 5.41) is 0. The minimum Gasteiger partial charge on any atom is -0.371 e. The molecule has 70 valence electrons. The van der Waals surface area contributed by atoms with Crippen molar-refractivity contribution in [3.63, 3.8) is 0 Å². The van der Waals surface area contributed by atoms with Gasteiger partial charge in [0.1, 0.15) is 0 Å². The van der Waals surface area contributed by atoms with Crippen LogP contribution in [0, 0.1) is 0 Å². The fourth-order valence-electron chi connectivity index (χ4n) is 1.33. The topological polar surface area (TPSA) is 68.1 Å². The van der Waals surface area contributed by atoms with E-state index in [1.165, 1.54) is 12.2 Å². The minimum atomic E-state index is -0.0201. The van der Waals surface area contributed by atoms with Gasteiger partial charge in [0.2, 0.25) is 12.2 Å². The average Bonchev–Trinajstić information content (AvgIpc) is 2.59. The van der Waals surface area contributed by atoms with Crippen molar-refractivity contribution in [2.24, 2.45) is 9.98 Å². The van der Waals surface area contributed by atoms with Crippen LogP contribution in [-0.4, -0.2) is 37.5 Å². The lowest BCUT2D eigenvalue weighted by molar-refractivity contribution is 0.0560. The number of hydrogen-bond donors (Lipinski definition) is 0. The monoisotopic (exact) mass is 182 g/mol. The van der Waals surface area contributed by atoms with Gasteiger partial charge in [-0.2, -0.15) is 0 Å². The zero-order valence-electron chi connectivity index (χ0n) is 7.10. The fourth-order valence-corrected chi connectivity index (χ4v) is 1.33. The molecule has 0 N–H and O–H groups in total. The van der Waals surface area contributed by atoms with Crippen LogP contribution in [-0.2, 0) is 14.3 Å². The van der Waals surface area contributed by atoms with Crippen molar-refractivity contribution in [2.45, 2.75) is 25.0 Å². The van der Waals surface area contributed by atoms with Gasteiger partial charge < -0.3 is 4.74 Å². The van der Waals surface area contributed by atoms with Gasteiger partial charge in [-0.25, -0.2) is 19.6 Å². The highest BCUT2D eigenvalue weighted by Crippen LogP contribution is 2.19. The van der Waals surface area contributed by atoms with E-state index in [1.54, 1.807) is 0 Å². The summed E-state index contributed by atoms with van der Waals surface area (Å²) in [6.45, 7) is 0.704. The maximum absolute atomic E-state index is 9.80. The number of aliphatic imine (C=N–C) groups is 2. The van der Waals surface area contributed by atoms with E-state index in [0.717, 1.165) is 12.8 Å². The molecule has 2 atom stereocenters. The summed E-state index contributed by atoms with van der Waals surface area (Å²) < 4.78 is 5.42. The highest BCUT2D eigenvalue weighted by atomic mass is 16.5. The summed E-state index contributed by atoms with van der Waals surface area (Å²) in [7, 11) is 0. The molecule has 0 aliphatic carbocycles. The molecule has 1 rings (SSSR count). The van der Waals surface area contributed by atoms with Gasteiger partial charge in [-0.1, -0.05) is 0 Å². The molecule has 1 heterocycles. The molecule has 0 spiro atoms. The maximum Gasteiger partial charge on any atom is 0.235 e. The van der Waals surface area contributed by atoms with Crippen LogP contribution in [0.15, 0.2) is 9.98 Å². The molecule has 5 nitrogen and oxygen atoms in total. The second-order valence-corrected chi connectivity index (χ2v) is 2.82. The van der Waals surface area contributed by atoms with Gasteiger partial charge in [0.25, 0.3) is 0 Å². The van der Waals surface area contributed by atoms with E-state index in [2.05, 4.69) is 9.98 Å². The predicted octanol–water partition coefficient (Wildman–Crippen LogP) is 0.206. The smallest absolute Gasteiger partial charge is 0.235 e. The van der Waals surface area contributed by atoms with Gasteiger partial charge in [-0.05, 0) is 12.8 Å². The molecule has 5 heteroatoms. The zero-order chi connectivity index (χ0) is 9.52. The number of nitrogens with zero attached hydrogens (tertiary/aromatic N) is 2. The lowest BCUT2D eigenvalue weighted by Gasteiger charge is -2.07. The third-order valence-electron chi connectivity index (χ3n) is 1.91. The van der Waals surface area contributed by atoms with Crippen LogP contribution in [0.25, 0.3) is 0 Å². The summed E-state index contributed by atoms with van der Waals surface area (Å²) in [5.74, 6) is 0. The van der Waals surface area contributed by atoms with Gasteiger partial charge in [-0.15, -0.1) is 0 Å². The Morgan fingerprint density at radius 3 is 1.92 bits per heavy atom. The van der Waals surface area contributed by atoms with Crippen molar-refractivity contribution in [3.8, 4) is 0 Å². The van der Waals surface area contributed by atoms with Crippen LogP contribution < -0.4 is 0 Å². The molecule has 0 saturated carbocycles. The van der Waals surface area contributed by atoms with Crippen molar-refractivity contribution < 1.29 is 14.3 Å². The molecular formula is C8H10N2O3. The number of ether oxygens (including phenoxy) is 1. The normalized spacial score (nSPS) is 26.2. The van der Waals surface area contributed by atoms with Crippen LogP contribution in [0.1, 0.15) is 12.8 Å². The Morgan fingerprint density at radius 2 is 1.54 bits per heavy atom. The molecule has 0 aromatic rings. The van der Waals surface area contributed by atoms with Crippen LogP contribution in [0.5, 0.6) is 0 Å². The highest BCUT2D eigenvalue weighted by molar-refractivity contribution is 5.33. The number of hydrogen-bond acceptors (Lipinski definition) is 5. The molecule has 0 radical (unpaired) electrons. The molecule has 0 aromatic carbocycles. The van der Waals surface area contributed by atoms with Crippen LogP contribution in [0.4, 0.5) is 0 Å². The van der Waals surface area contributed by atoms with Gasteiger partial charge >= 0.3 is 0 Å². The largest absolute Gasteiger partial charge is 0.371 e. The van der Waals surface area contributed by atoms with E-state index in [9.17, 15) is 9.59 Å². The Morgan fingerprint density at radius 1 is 1.08 bits per heavy atom. The Labute approximate surface area is 75.5 Å². The zero-order valence-corrected chi connectivity index (χ0v) is 7.10. The molecule has 13 heavy (non-hydrogen) atoms. The average molecular weight is 182 g/mol. The van der Waals surface area contributed by atoms with Gasteiger partial charge in [-0.3, -0.25) is 0 Å². The predicted molar refractivity (Wildman–Crippen MR) is 43.9 cm³/mol. The maximum atomic E-state index is 9.80. The summed E-state index contributed by atoms with van der Waals surface area (Å²) in [6, 6.07) is 0. The molecule has 1 aliphatic heterocycles. The third-order valence-corrected chi connectivity index (χ3v) is 1.91. The first-order chi connectivity index (χ1) is 6.36. The van der Waals surface area contributed by atoms with Crippen LogP contribution in [0.3, 0.4) is 0 Å². The Kier molecular flexibility index (Phi) is 4.06. The van der Waals surface area contributed by atoms with Crippen molar-refractivity contribution in [1.82, 2.24) is 0 Å². The fraction of sp³-hybridized carbons (Fsp3) is 0.750. The highest BCUT2D eigenvalue weighted by Gasteiger charge is 2.24. The molecular weight excluding hydrogens is 172 g/mol. The van der Waals surface area contributed by atoms with Crippen molar-refractivity contribution in [3.05, 3.63) is 0 Å². The quantitative estimate of drug-likeness (QED) is 0.461. The van der Waals surface area contributed by atoms with E-state index in [1.807, 2.05) is 0 Å². The Hall–Kier alpha value is -1.28. The number of carbonyl (C=O) groups excluding carboxylic acids is 2. The SMILES string of the molecule is O=C=NCC1CCC(CN=C=O)O1. The molecule has 0 bridgehead atoms. The standard InChI is InChI=1S/C8H10N2O3/c11-5-9-3-7-1-2-8(13-7)4-10-6-12/h7-8H,1-4H2. The van der Waals surface area contributed by atoms with Crippen molar-refractivity contribution in [2.75, 3.05) is 13.1 Å². The Bertz CT molecular complexity index is 228. The number of rotatable bonds is 4. The summed E-state index contributed by atoms with van der Waals surface area (Å²) >= 11 is 0. The van der Waals surface area contributed by atoms with Gasteiger partial charge in [0.05, 0.1) is 25.3 Å². The van der Waals surface area contributed by atoms with Crippen molar-refractivity contribution in [1.29, 1.82) is 0 Å². The first kappa shape index (κ1) is 9.81. The second-order valence-electron chi connectivity index (χ2n) is 2.82. The van der Waals surface area contributed by atoms with Crippen LogP contribution in [0.2, 0.25) is 0 Å². The minimum absolute atomic E-state index is 0.0201. The first-order valence-corrected chi connectivity index (χ1v) is 4.09. The van der Waals surface area contributed by atoms with E-state index < -0.39 is 0 Å². The molecule has 1 fully saturated rings. The molecule has 2 unspecified atom stereocenters. The number of isocyanates is 2. The summed E-state index contributed by atoms with van der Waals surface area (Å²) in [5.41, 5.74) is 0. The van der Waals surface area contributed by atoms with E-state index in [4.69, 9.17) is 4.74 Å². The molecule has 0 amide bonds. The van der Waals surface area contributed by atoms with Crippen LogP contribution >= 0.6 is 0 Å². The van der Waals surface area contributed by atoms with E-state index in [0.29, 0.717) is 13.1 Å². The molecule has 1 aliphatic rings. The van der Waals surface area contributed by atoms with E-state index in [-0.39, 0.29) is 12.2 Å². The van der Waals surface area contributed by atoms with E-state index >= 15 is 0 Å². The van der Waals surface area contributed by atoms with Crippen molar-refractivity contribution >= 4 is 12.2 Å². The lowest BCUT2D eigenvalue weighted by atomic mass is 10.2. The first-order valence-electron chi connectivity index (χ1n) is 4.09. The summed E-state index contributed by atoms with van der Waals surface area (Å²) in [4.78, 5) is 26.5.